The van der Waals surface area contributed by atoms with Gasteiger partial charge in [-0.1, -0.05) is 0 Å². The Hall–Kier alpha value is -0.950. The lowest BCUT2D eigenvalue weighted by atomic mass is 10.1. The van der Waals surface area contributed by atoms with E-state index in [9.17, 15) is 4.79 Å². The Morgan fingerprint density at radius 2 is 2.45 bits per heavy atom. The van der Waals surface area contributed by atoms with Crippen LogP contribution in [0, 0.1) is 17.2 Å². The fourth-order valence-electron chi connectivity index (χ4n) is 0.719. The summed E-state index contributed by atoms with van der Waals surface area (Å²) in [6.07, 6.45) is 1.56. The Bertz CT molecular complexity index is 298. The number of carbonyl (C=O) groups is 1. The molecule has 1 aliphatic heterocycles. The molecule has 0 radical (unpaired) electrons. The van der Waals surface area contributed by atoms with Crippen LogP contribution in [-0.2, 0) is 4.79 Å². The van der Waals surface area contributed by atoms with E-state index in [-0.39, 0.29) is 5.91 Å². The molecular formula is C7H5BrN2O. The lowest BCUT2D eigenvalue weighted by Gasteiger charge is -2.07. The smallest absolute Gasteiger partial charge is 0.267 e. The second-order valence-electron chi connectivity index (χ2n) is 2.16. The number of hydrogen-bond donors (Lipinski definition) is 0. The number of allylic oxidation sites excluding steroid dienone is 1. The normalized spacial score (nSPS) is 23.7. The molecule has 0 fully saturated rings. The van der Waals surface area contributed by atoms with Crippen LogP contribution >= 0.6 is 15.9 Å². The Balaban J connectivity index is 3.00. The van der Waals surface area contributed by atoms with E-state index in [2.05, 4.69) is 20.9 Å². The first-order chi connectivity index (χ1) is 5.15. The van der Waals surface area contributed by atoms with E-state index < -0.39 is 5.92 Å². The van der Waals surface area contributed by atoms with Crippen LogP contribution in [0.25, 0.3) is 0 Å². The molecule has 0 aromatic heterocycles. The number of aliphatic imine (C=N–C) groups is 1. The highest BCUT2D eigenvalue weighted by Crippen LogP contribution is 2.18. The first-order valence-electron chi connectivity index (χ1n) is 3.01. The van der Waals surface area contributed by atoms with Crippen LogP contribution in [0.4, 0.5) is 0 Å². The minimum atomic E-state index is -0.715. The first-order valence-corrected chi connectivity index (χ1v) is 3.81. The predicted octanol–water partition coefficient (Wildman–Crippen LogP) is 1.41. The van der Waals surface area contributed by atoms with Crippen LogP contribution in [0.2, 0.25) is 0 Å². The number of nitriles is 1. The standard InChI is InChI=1S/C7H5BrN2O/c1-4-6(8)2-5(3-9)7(11)10-4/h2,5H,1H3. The molecule has 1 amide bonds. The summed E-state index contributed by atoms with van der Waals surface area (Å²) < 4.78 is 0.726. The quantitative estimate of drug-likeness (QED) is 0.610. The van der Waals surface area contributed by atoms with Gasteiger partial charge in [0, 0.05) is 4.48 Å². The maximum Gasteiger partial charge on any atom is 0.267 e. The highest BCUT2D eigenvalue weighted by molar-refractivity contribution is 9.12. The van der Waals surface area contributed by atoms with Gasteiger partial charge in [-0.3, -0.25) is 4.79 Å². The molecule has 0 saturated carbocycles. The van der Waals surface area contributed by atoms with Crippen molar-refractivity contribution in [2.24, 2.45) is 10.9 Å². The van der Waals surface area contributed by atoms with Crippen molar-refractivity contribution in [2.45, 2.75) is 6.92 Å². The van der Waals surface area contributed by atoms with Gasteiger partial charge < -0.3 is 0 Å². The third kappa shape index (κ3) is 1.55. The molecule has 0 aromatic rings. The van der Waals surface area contributed by atoms with Gasteiger partial charge in [-0.05, 0) is 28.9 Å². The van der Waals surface area contributed by atoms with Crippen molar-refractivity contribution in [3.8, 4) is 6.07 Å². The molecule has 0 saturated heterocycles. The minimum Gasteiger partial charge on any atom is -0.271 e. The Morgan fingerprint density at radius 3 is 3.00 bits per heavy atom. The van der Waals surface area contributed by atoms with Gasteiger partial charge in [0.05, 0.1) is 11.8 Å². The third-order valence-corrected chi connectivity index (χ3v) is 2.18. The van der Waals surface area contributed by atoms with Crippen LogP contribution < -0.4 is 0 Å². The van der Waals surface area contributed by atoms with Crippen LogP contribution in [0.15, 0.2) is 15.6 Å². The highest BCUT2D eigenvalue weighted by Gasteiger charge is 2.20. The lowest BCUT2D eigenvalue weighted by Crippen LogP contribution is -2.15. The number of nitrogens with zero attached hydrogens (tertiary/aromatic N) is 2. The van der Waals surface area contributed by atoms with Crippen molar-refractivity contribution in [1.29, 1.82) is 5.26 Å². The third-order valence-electron chi connectivity index (χ3n) is 1.34. The molecule has 0 N–H and O–H groups in total. The SMILES string of the molecule is CC1=NC(=O)C(C#N)C=C1Br. The molecule has 11 heavy (non-hydrogen) atoms. The molecule has 4 heteroatoms. The number of amides is 1. The van der Waals surface area contributed by atoms with Crippen molar-refractivity contribution >= 4 is 27.5 Å². The van der Waals surface area contributed by atoms with Crippen molar-refractivity contribution in [1.82, 2.24) is 0 Å². The molecule has 0 aliphatic carbocycles. The number of halogens is 1. The molecule has 0 spiro atoms. The second-order valence-corrected chi connectivity index (χ2v) is 3.01. The van der Waals surface area contributed by atoms with Crippen molar-refractivity contribution in [3.05, 3.63) is 10.6 Å². The second kappa shape index (κ2) is 2.97. The fraction of sp³-hybridized carbons (Fsp3) is 0.286. The summed E-state index contributed by atoms with van der Waals surface area (Å²) in [5.74, 6) is -1.10. The van der Waals surface area contributed by atoms with E-state index in [1.165, 1.54) is 0 Å². The average molecular weight is 213 g/mol. The molecule has 1 rings (SSSR count). The molecule has 1 atom stereocenters. The van der Waals surface area contributed by atoms with E-state index in [1.54, 1.807) is 13.0 Å². The van der Waals surface area contributed by atoms with Gasteiger partial charge in [0.1, 0.15) is 5.92 Å². The molecule has 1 heterocycles. The maximum atomic E-state index is 10.9. The summed E-state index contributed by atoms with van der Waals surface area (Å²) in [6.45, 7) is 1.71. The van der Waals surface area contributed by atoms with Crippen molar-refractivity contribution in [3.63, 3.8) is 0 Å². The monoisotopic (exact) mass is 212 g/mol. The van der Waals surface area contributed by atoms with Gasteiger partial charge in [-0.25, -0.2) is 4.99 Å². The van der Waals surface area contributed by atoms with E-state index in [0.717, 1.165) is 4.48 Å². The van der Waals surface area contributed by atoms with Gasteiger partial charge in [0.2, 0.25) is 0 Å². The van der Waals surface area contributed by atoms with Crippen LogP contribution in [0.3, 0.4) is 0 Å². The zero-order valence-electron chi connectivity index (χ0n) is 5.84. The van der Waals surface area contributed by atoms with Crippen molar-refractivity contribution in [2.75, 3.05) is 0 Å². The number of hydrogen-bond acceptors (Lipinski definition) is 2. The first kappa shape index (κ1) is 8.15. The Labute approximate surface area is 72.6 Å². The van der Waals surface area contributed by atoms with Crippen LogP contribution in [0.1, 0.15) is 6.92 Å². The molecule has 3 nitrogen and oxygen atoms in total. The van der Waals surface area contributed by atoms with E-state index in [4.69, 9.17) is 5.26 Å². The van der Waals surface area contributed by atoms with Crippen LogP contribution in [0.5, 0.6) is 0 Å². The molecule has 1 unspecified atom stereocenters. The minimum absolute atomic E-state index is 0.381. The molecule has 0 bridgehead atoms. The van der Waals surface area contributed by atoms with E-state index in [1.807, 2.05) is 6.07 Å². The van der Waals surface area contributed by atoms with Crippen molar-refractivity contribution < 1.29 is 4.79 Å². The molecule has 56 valence electrons. The van der Waals surface area contributed by atoms with E-state index in [0.29, 0.717) is 5.71 Å². The summed E-state index contributed by atoms with van der Waals surface area (Å²) >= 11 is 3.19. The number of carbonyl (C=O) groups excluding carboxylic acids is 1. The summed E-state index contributed by atoms with van der Waals surface area (Å²) in [6, 6.07) is 1.84. The summed E-state index contributed by atoms with van der Waals surface area (Å²) in [4.78, 5) is 14.6. The molecule has 1 aliphatic rings. The summed E-state index contributed by atoms with van der Waals surface area (Å²) in [5.41, 5.74) is 0.626. The fourth-order valence-corrected chi connectivity index (χ4v) is 1.07. The van der Waals surface area contributed by atoms with Crippen LogP contribution in [-0.4, -0.2) is 11.6 Å². The summed E-state index contributed by atoms with van der Waals surface area (Å²) in [5, 5.41) is 8.46. The molecular weight excluding hydrogens is 208 g/mol. The Kier molecular flexibility index (Phi) is 2.20. The maximum absolute atomic E-state index is 10.9. The number of dihydropyridines is 1. The zero-order chi connectivity index (χ0) is 8.43. The average Bonchev–Trinajstić information content (AvgIpc) is 1.97. The number of rotatable bonds is 0. The Morgan fingerprint density at radius 1 is 1.82 bits per heavy atom. The van der Waals surface area contributed by atoms with Gasteiger partial charge in [-0.2, -0.15) is 5.26 Å². The predicted molar refractivity (Wildman–Crippen MR) is 44.2 cm³/mol. The van der Waals surface area contributed by atoms with Gasteiger partial charge in [-0.15, -0.1) is 0 Å². The lowest BCUT2D eigenvalue weighted by molar-refractivity contribution is -0.118. The van der Waals surface area contributed by atoms with Gasteiger partial charge >= 0.3 is 0 Å². The highest BCUT2D eigenvalue weighted by atomic mass is 79.9. The molecule has 0 aromatic carbocycles. The van der Waals surface area contributed by atoms with Gasteiger partial charge in [0.15, 0.2) is 0 Å². The zero-order valence-corrected chi connectivity index (χ0v) is 7.42. The van der Waals surface area contributed by atoms with E-state index >= 15 is 0 Å². The topological polar surface area (TPSA) is 53.2 Å². The van der Waals surface area contributed by atoms with Gasteiger partial charge in [0.25, 0.3) is 5.91 Å². The largest absolute Gasteiger partial charge is 0.271 e. The summed E-state index contributed by atoms with van der Waals surface area (Å²) in [7, 11) is 0.